The Morgan fingerprint density at radius 2 is 2.00 bits per heavy atom. The molecule has 1 saturated heterocycles. The van der Waals surface area contributed by atoms with Gasteiger partial charge >= 0.3 is 0 Å². The average Bonchev–Trinajstić information content (AvgIpc) is 2.63. The van der Waals surface area contributed by atoms with Crippen molar-refractivity contribution in [3.63, 3.8) is 0 Å². The molecule has 0 spiro atoms. The van der Waals surface area contributed by atoms with Crippen molar-refractivity contribution in [2.75, 3.05) is 11.5 Å². The van der Waals surface area contributed by atoms with Crippen LogP contribution in [0, 0.1) is 0 Å². The largest absolute Gasteiger partial charge is 0.346 e. The molecule has 1 heterocycles. The molecule has 0 aliphatic carbocycles. The summed E-state index contributed by atoms with van der Waals surface area (Å²) in [5.41, 5.74) is 6.29. The quantitative estimate of drug-likeness (QED) is 0.842. The predicted molar refractivity (Wildman–Crippen MR) is 73.5 cm³/mol. The maximum atomic E-state index is 12.1. The van der Waals surface area contributed by atoms with E-state index in [1.807, 2.05) is 0 Å². The lowest BCUT2D eigenvalue weighted by Crippen LogP contribution is -2.46. The molecule has 1 aliphatic rings. The standard InChI is InChI=1S/C13H18N2O3S/c1-13(6-7-19(17,18)9-13)15-12(16)11-4-2-10(8-14)3-5-11/h2-5H,6-9,14H2,1H3,(H,15,16). The van der Waals surface area contributed by atoms with Crippen molar-refractivity contribution < 1.29 is 13.2 Å². The third kappa shape index (κ3) is 3.33. The average molecular weight is 282 g/mol. The van der Waals surface area contributed by atoms with Crippen molar-refractivity contribution in [1.29, 1.82) is 0 Å². The summed E-state index contributed by atoms with van der Waals surface area (Å²) in [7, 11) is -3.02. The van der Waals surface area contributed by atoms with Crippen molar-refractivity contribution in [1.82, 2.24) is 5.32 Å². The molecule has 1 aromatic carbocycles. The lowest BCUT2D eigenvalue weighted by Gasteiger charge is -2.23. The number of carbonyl (C=O) groups is 1. The zero-order chi connectivity index (χ0) is 14.1. The molecule has 1 aromatic rings. The monoisotopic (exact) mass is 282 g/mol. The first kappa shape index (κ1) is 14.0. The highest BCUT2D eigenvalue weighted by atomic mass is 32.2. The van der Waals surface area contributed by atoms with E-state index in [4.69, 9.17) is 5.73 Å². The molecule has 0 saturated carbocycles. The van der Waals surface area contributed by atoms with Crippen LogP contribution >= 0.6 is 0 Å². The number of hydrogen-bond donors (Lipinski definition) is 2. The molecule has 0 bridgehead atoms. The van der Waals surface area contributed by atoms with E-state index in [9.17, 15) is 13.2 Å². The molecular weight excluding hydrogens is 264 g/mol. The summed E-state index contributed by atoms with van der Waals surface area (Å²) in [6.07, 6.45) is 0.460. The van der Waals surface area contributed by atoms with E-state index in [1.165, 1.54) is 0 Å². The minimum absolute atomic E-state index is 0.00657. The number of nitrogens with two attached hydrogens (primary N) is 1. The molecule has 3 N–H and O–H groups in total. The maximum Gasteiger partial charge on any atom is 0.251 e. The summed E-state index contributed by atoms with van der Waals surface area (Å²) < 4.78 is 23.0. The van der Waals surface area contributed by atoms with Gasteiger partial charge in [-0.15, -0.1) is 0 Å². The van der Waals surface area contributed by atoms with Gasteiger partial charge in [0.2, 0.25) is 0 Å². The first-order valence-corrected chi connectivity index (χ1v) is 7.98. The molecule has 1 unspecified atom stereocenters. The lowest BCUT2D eigenvalue weighted by molar-refractivity contribution is 0.0915. The summed E-state index contributed by atoms with van der Waals surface area (Å²) in [4.78, 5) is 12.1. The van der Waals surface area contributed by atoms with Crippen LogP contribution in [0.2, 0.25) is 0 Å². The van der Waals surface area contributed by atoms with Gasteiger partial charge in [0, 0.05) is 12.1 Å². The summed E-state index contributed by atoms with van der Waals surface area (Å²) in [6, 6.07) is 6.99. The Balaban J connectivity index is 2.08. The van der Waals surface area contributed by atoms with Crippen LogP contribution in [0.3, 0.4) is 0 Å². The third-order valence-electron chi connectivity index (χ3n) is 3.37. The number of hydrogen-bond acceptors (Lipinski definition) is 4. The highest BCUT2D eigenvalue weighted by Gasteiger charge is 2.39. The van der Waals surface area contributed by atoms with E-state index >= 15 is 0 Å². The number of carbonyl (C=O) groups excluding carboxylic acids is 1. The van der Waals surface area contributed by atoms with Crippen LogP contribution in [-0.4, -0.2) is 31.4 Å². The van der Waals surface area contributed by atoms with E-state index in [0.717, 1.165) is 5.56 Å². The van der Waals surface area contributed by atoms with Gasteiger partial charge < -0.3 is 11.1 Å². The van der Waals surface area contributed by atoms with Gasteiger partial charge in [0.05, 0.1) is 17.0 Å². The molecule has 6 heteroatoms. The van der Waals surface area contributed by atoms with Gasteiger partial charge in [0.15, 0.2) is 9.84 Å². The number of sulfone groups is 1. The number of nitrogens with one attached hydrogen (secondary N) is 1. The van der Waals surface area contributed by atoms with Gasteiger partial charge in [-0.3, -0.25) is 4.79 Å². The van der Waals surface area contributed by atoms with Crippen LogP contribution in [0.5, 0.6) is 0 Å². The van der Waals surface area contributed by atoms with Crippen molar-refractivity contribution in [2.24, 2.45) is 5.73 Å². The number of amides is 1. The Labute approximate surface area is 113 Å². The van der Waals surface area contributed by atoms with Crippen molar-refractivity contribution in [2.45, 2.75) is 25.4 Å². The highest BCUT2D eigenvalue weighted by molar-refractivity contribution is 7.91. The summed E-state index contributed by atoms with van der Waals surface area (Å²) in [5, 5.41) is 2.82. The Kier molecular flexibility index (Phi) is 3.64. The molecule has 0 aromatic heterocycles. The second-order valence-corrected chi connectivity index (χ2v) is 7.44. The van der Waals surface area contributed by atoms with Crippen LogP contribution in [-0.2, 0) is 16.4 Å². The molecule has 1 atom stereocenters. The first-order chi connectivity index (χ1) is 8.84. The Bertz CT molecular complexity index is 580. The fraction of sp³-hybridized carbons (Fsp3) is 0.462. The van der Waals surface area contributed by atoms with E-state index in [1.54, 1.807) is 31.2 Å². The molecule has 5 nitrogen and oxygen atoms in total. The molecule has 2 rings (SSSR count). The summed E-state index contributed by atoms with van der Waals surface area (Å²) >= 11 is 0. The topological polar surface area (TPSA) is 89.3 Å². The van der Waals surface area contributed by atoms with Crippen molar-refractivity contribution in [3.05, 3.63) is 35.4 Å². The lowest BCUT2D eigenvalue weighted by atomic mass is 10.0. The third-order valence-corrected chi connectivity index (χ3v) is 5.27. The smallest absolute Gasteiger partial charge is 0.251 e. The summed E-state index contributed by atoms with van der Waals surface area (Å²) in [5.74, 6) is -0.106. The van der Waals surface area contributed by atoms with Gasteiger partial charge in [-0.05, 0) is 31.0 Å². The molecule has 104 valence electrons. The van der Waals surface area contributed by atoms with Crippen LogP contribution in [0.1, 0.15) is 29.3 Å². The van der Waals surface area contributed by atoms with Crippen LogP contribution in [0.25, 0.3) is 0 Å². The van der Waals surface area contributed by atoms with Gasteiger partial charge in [-0.25, -0.2) is 8.42 Å². The van der Waals surface area contributed by atoms with E-state index in [0.29, 0.717) is 18.5 Å². The Hall–Kier alpha value is -1.40. The minimum atomic E-state index is -3.02. The van der Waals surface area contributed by atoms with Crippen molar-refractivity contribution in [3.8, 4) is 0 Å². The van der Waals surface area contributed by atoms with E-state index in [-0.39, 0.29) is 17.4 Å². The molecule has 19 heavy (non-hydrogen) atoms. The molecule has 0 radical (unpaired) electrons. The summed E-state index contributed by atoms with van der Waals surface area (Å²) in [6.45, 7) is 2.20. The minimum Gasteiger partial charge on any atom is -0.346 e. The zero-order valence-electron chi connectivity index (χ0n) is 10.8. The fourth-order valence-electron chi connectivity index (χ4n) is 2.25. The Morgan fingerprint density at radius 3 is 2.47 bits per heavy atom. The Morgan fingerprint density at radius 1 is 1.37 bits per heavy atom. The molecule has 1 amide bonds. The highest BCUT2D eigenvalue weighted by Crippen LogP contribution is 2.23. The molecule has 1 aliphatic heterocycles. The number of benzene rings is 1. The van der Waals surface area contributed by atoms with Gasteiger partial charge in [-0.1, -0.05) is 12.1 Å². The first-order valence-electron chi connectivity index (χ1n) is 6.16. The van der Waals surface area contributed by atoms with Crippen LogP contribution in [0.4, 0.5) is 0 Å². The van der Waals surface area contributed by atoms with Gasteiger partial charge in [-0.2, -0.15) is 0 Å². The molecular formula is C13H18N2O3S. The second kappa shape index (κ2) is 4.94. The number of rotatable bonds is 3. The van der Waals surface area contributed by atoms with Crippen LogP contribution < -0.4 is 11.1 Å². The van der Waals surface area contributed by atoms with E-state index < -0.39 is 15.4 Å². The maximum absolute atomic E-state index is 12.1. The van der Waals surface area contributed by atoms with Gasteiger partial charge in [0.25, 0.3) is 5.91 Å². The normalized spacial score (nSPS) is 25.2. The van der Waals surface area contributed by atoms with Gasteiger partial charge in [0.1, 0.15) is 0 Å². The van der Waals surface area contributed by atoms with Crippen LogP contribution in [0.15, 0.2) is 24.3 Å². The SMILES string of the molecule is CC1(NC(=O)c2ccc(CN)cc2)CCS(=O)(=O)C1. The van der Waals surface area contributed by atoms with E-state index in [2.05, 4.69) is 5.32 Å². The van der Waals surface area contributed by atoms with Crippen molar-refractivity contribution >= 4 is 15.7 Å². The fourth-order valence-corrected chi connectivity index (χ4v) is 4.34. The zero-order valence-corrected chi connectivity index (χ0v) is 11.7. The molecule has 1 fully saturated rings. The predicted octanol–water partition coefficient (Wildman–Crippen LogP) is 0.452. The second-order valence-electron chi connectivity index (χ2n) is 5.26.